The van der Waals surface area contributed by atoms with Crippen LogP contribution in [0.3, 0.4) is 0 Å². The second-order valence-electron chi connectivity index (χ2n) is 5.17. The highest BCUT2D eigenvalue weighted by Crippen LogP contribution is 2.22. The van der Waals surface area contributed by atoms with Crippen LogP contribution in [-0.4, -0.2) is 25.3 Å². The van der Waals surface area contributed by atoms with Gasteiger partial charge in [0.15, 0.2) is 0 Å². The Morgan fingerprint density at radius 2 is 2.25 bits per heavy atom. The summed E-state index contributed by atoms with van der Waals surface area (Å²) >= 11 is 0. The Hall–Kier alpha value is -0.770. The van der Waals surface area contributed by atoms with E-state index in [-0.39, 0.29) is 6.09 Å². The molecule has 1 fully saturated rings. The van der Waals surface area contributed by atoms with Gasteiger partial charge < -0.3 is 15.8 Å². The van der Waals surface area contributed by atoms with Gasteiger partial charge in [0.2, 0.25) is 0 Å². The molecule has 2 atom stereocenters. The van der Waals surface area contributed by atoms with Crippen LogP contribution in [0.1, 0.15) is 39.5 Å². The molecule has 0 aromatic carbocycles. The number of carbonyl (C=O) groups excluding carboxylic acids is 1. The van der Waals surface area contributed by atoms with Gasteiger partial charge in [0.25, 0.3) is 0 Å². The molecular formula is C12H24N2O2. The molecule has 0 radical (unpaired) electrons. The average Bonchev–Trinajstić information content (AvgIpc) is 2.23. The summed E-state index contributed by atoms with van der Waals surface area (Å²) < 4.78 is 5.04. The molecule has 16 heavy (non-hydrogen) atoms. The molecule has 2 unspecified atom stereocenters. The van der Waals surface area contributed by atoms with Gasteiger partial charge in [-0.25, -0.2) is 4.79 Å². The smallest absolute Gasteiger partial charge is 0.407 e. The van der Waals surface area contributed by atoms with Crippen molar-refractivity contribution in [2.75, 3.05) is 13.2 Å². The number of nitrogens with two attached hydrogens (primary N) is 1. The second-order valence-corrected chi connectivity index (χ2v) is 5.17. The number of alkyl carbamates (subject to hydrolysis) is 1. The fraction of sp³-hybridized carbons (Fsp3) is 0.917. The minimum absolute atomic E-state index is 0.298. The highest BCUT2D eigenvalue weighted by Gasteiger charge is 2.19. The van der Waals surface area contributed by atoms with E-state index < -0.39 is 0 Å². The maximum absolute atomic E-state index is 11.3. The molecule has 3 N–H and O–H groups in total. The van der Waals surface area contributed by atoms with Crippen molar-refractivity contribution in [1.82, 2.24) is 5.32 Å². The SMILES string of the molecule is CC(C)COC(=O)NCC1CCCC(N)C1. The molecule has 0 aromatic heterocycles. The van der Waals surface area contributed by atoms with E-state index in [0.29, 0.717) is 31.0 Å². The van der Waals surface area contributed by atoms with Crippen molar-refractivity contribution in [3.63, 3.8) is 0 Å². The van der Waals surface area contributed by atoms with Crippen LogP contribution in [-0.2, 0) is 4.74 Å². The third-order valence-electron chi connectivity index (χ3n) is 2.91. The molecule has 1 amide bonds. The lowest BCUT2D eigenvalue weighted by Crippen LogP contribution is -2.36. The van der Waals surface area contributed by atoms with Crippen molar-refractivity contribution in [3.05, 3.63) is 0 Å². The van der Waals surface area contributed by atoms with E-state index in [4.69, 9.17) is 10.5 Å². The molecule has 94 valence electrons. The van der Waals surface area contributed by atoms with Crippen LogP contribution >= 0.6 is 0 Å². The lowest BCUT2D eigenvalue weighted by Gasteiger charge is -2.26. The summed E-state index contributed by atoms with van der Waals surface area (Å²) in [5.41, 5.74) is 5.89. The van der Waals surface area contributed by atoms with E-state index in [9.17, 15) is 4.79 Å². The van der Waals surface area contributed by atoms with Gasteiger partial charge >= 0.3 is 6.09 Å². The number of rotatable bonds is 4. The van der Waals surface area contributed by atoms with Gasteiger partial charge in [-0.3, -0.25) is 0 Å². The van der Waals surface area contributed by atoms with Crippen molar-refractivity contribution in [3.8, 4) is 0 Å². The first kappa shape index (κ1) is 13.3. The van der Waals surface area contributed by atoms with E-state index in [0.717, 1.165) is 19.3 Å². The number of ether oxygens (including phenoxy) is 1. The van der Waals surface area contributed by atoms with Crippen LogP contribution in [0.25, 0.3) is 0 Å². The predicted molar refractivity (Wildman–Crippen MR) is 64.1 cm³/mol. The Morgan fingerprint density at radius 3 is 2.88 bits per heavy atom. The quantitative estimate of drug-likeness (QED) is 0.772. The van der Waals surface area contributed by atoms with Crippen molar-refractivity contribution >= 4 is 6.09 Å². The molecule has 0 heterocycles. The van der Waals surface area contributed by atoms with Crippen LogP contribution in [0.4, 0.5) is 4.79 Å². The van der Waals surface area contributed by atoms with E-state index >= 15 is 0 Å². The second kappa shape index (κ2) is 6.74. The lowest BCUT2D eigenvalue weighted by molar-refractivity contribution is 0.130. The van der Waals surface area contributed by atoms with Gasteiger partial charge in [-0.05, 0) is 31.1 Å². The molecule has 0 bridgehead atoms. The zero-order valence-corrected chi connectivity index (χ0v) is 10.4. The summed E-state index contributed by atoms with van der Waals surface area (Å²) in [6, 6.07) is 0.312. The first-order chi connectivity index (χ1) is 7.58. The summed E-state index contributed by atoms with van der Waals surface area (Å²) in [6.45, 7) is 5.22. The third kappa shape index (κ3) is 5.35. The summed E-state index contributed by atoms with van der Waals surface area (Å²) in [4.78, 5) is 11.3. The molecule has 1 saturated carbocycles. The monoisotopic (exact) mass is 228 g/mol. The molecule has 0 aliphatic heterocycles. The normalized spacial score (nSPS) is 25.5. The van der Waals surface area contributed by atoms with Crippen LogP contribution in [0.15, 0.2) is 0 Å². The van der Waals surface area contributed by atoms with Crippen molar-refractivity contribution < 1.29 is 9.53 Å². The standard InChI is InChI=1S/C12H24N2O2/c1-9(2)8-16-12(15)14-7-10-4-3-5-11(13)6-10/h9-11H,3-8,13H2,1-2H3,(H,14,15). The number of hydrogen-bond donors (Lipinski definition) is 2. The van der Waals surface area contributed by atoms with Gasteiger partial charge in [-0.15, -0.1) is 0 Å². The molecule has 4 nitrogen and oxygen atoms in total. The van der Waals surface area contributed by atoms with Gasteiger partial charge in [-0.2, -0.15) is 0 Å². The first-order valence-corrected chi connectivity index (χ1v) is 6.24. The van der Waals surface area contributed by atoms with Gasteiger partial charge in [0.05, 0.1) is 6.61 Å². The molecule has 1 aliphatic carbocycles. The highest BCUT2D eigenvalue weighted by atomic mass is 16.5. The van der Waals surface area contributed by atoms with Crippen LogP contribution in [0, 0.1) is 11.8 Å². The molecule has 0 saturated heterocycles. The minimum atomic E-state index is -0.298. The Morgan fingerprint density at radius 1 is 1.50 bits per heavy atom. The minimum Gasteiger partial charge on any atom is -0.449 e. The zero-order valence-electron chi connectivity index (χ0n) is 10.4. The topological polar surface area (TPSA) is 64.3 Å². The average molecular weight is 228 g/mol. The van der Waals surface area contributed by atoms with Crippen LogP contribution < -0.4 is 11.1 Å². The Kier molecular flexibility index (Phi) is 5.60. The third-order valence-corrected chi connectivity index (χ3v) is 2.91. The Labute approximate surface area is 97.9 Å². The summed E-state index contributed by atoms with van der Waals surface area (Å²) in [5, 5.41) is 2.81. The summed E-state index contributed by atoms with van der Waals surface area (Å²) in [5.74, 6) is 0.907. The molecule has 0 aromatic rings. The van der Waals surface area contributed by atoms with Crippen molar-refractivity contribution in [1.29, 1.82) is 0 Å². The predicted octanol–water partition coefficient (Wildman–Crippen LogP) is 1.89. The molecule has 1 rings (SSSR count). The van der Waals surface area contributed by atoms with Crippen molar-refractivity contribution in [2.24, 2.45) is 17.6 Å². The van der Waals surface area contributed by atoms with Crippen LogP contribution in [0.5, 0.6) is 0 Å². The number of hydrogen-bond acceptors (Lipinski definition) is 3. The Bertz CT molecular complexity index is 219. The molecule has 1 aliphatic rings. The van der Waals surface area contributed by atoms with Crippen molar-refractivity contribution in [2.45, 2.75) is 45.6 Å². The first-order valence-electron chi connectivity index (χ1n) is 6.24. The molecule has 4 heteroatoms. The number of nitrogens with one attached hydrogen (secondary N) is 1. The molecule has 0 spiro atoms. The van der Waals surface area contributed by atoms with E-state index in [1.54, 1.807) is 0 Å². The van der Waals surface area contributed by atoms with E-state index in [1.165, 1.54) is 6.42 Å². The van der Waals surface area contributed by atoms with E-state index in [1.807, 2.05) is 13.8 Å². The highest BCUT2D eigenvalue weighted by molar-refractivity contribution is 5.67. The van der Waals surface area contributed by atoms with Gasteiger partial charge in [-0.1, -0.05) is 20.3 Å². The van der Waals surface area contributed by atoms with Crippen LogP contribution in [0.2, 0.25) is 0 Å². The zero-order chi connectivity index (χ0) is 12.0. The van der Waals surface area contributed by atoms with E-state index in [2.05, 4.69) is 5.32 Å². The maximum atomic E-state index is 11.3. The van der Waals surface area contributed by atoms with Gasteiger partial charge in [0.1, 0.15) is 0 Å². The molecular weight excluding hydrogens is 204 g/mol. The fourth-order valence-corrected chi connectivity index (χ4v) is 2.04. The summed E-state index contributed by atoms with van der Waals surface area (Å²) in [7, 11) is 0. The summed E-state index contributed by atoms with van der Waals surface area (Å²) in [6.07, 6.45) is 4.18. The fourth-order valence-electron chi connectivity index (χ4n) is 2.04. The largest absolute Gasteiger partial charge is 0.449 e. The van der Waals surface area contributed by atoms with Gasteiger partial charge in [0, 0.05) is 12.6 Å². The number of carbonyl (C=O) groups is 1. The Balaban J connectivity index is 2.11. The lowest BCUT2D eigenvalue weighted by atomic mass is 9.86. The maximum Gasteiger partial charge on any atom is 0.407 e. The number of amides is 1.